The van der Waals surface area contributed by atoms with E-state index < -0.39 is 0 Å². The Bertz CT molecular complexity index is 782. The summed E-state index contributed by atoms with van der Waals surface area (Å²) in [6, 6.07) is 7.54. The second-order valence-corrected chi connectivity index (χ2v) is 5.58. The summed E-state index contributed by atoms with van der Waals surface area (Å²) in [4.78, 5) is 8.71. The Morgan fingerprint density at radius 3 is 2.89 bits per heavy atom. The standard InChI is InChI=1S/C13H10BrClN4/c1-7-2-3-9(15)5-11(7)19-12-10(18-13(19)16)4-8(14)6-17-12/h2-6H,1H3,(H2,16,18). The molecule has 0 spiro atoms. The Morgan fingerprint density at radius 1 is 1.32 bits per heavy atom. The van der Waals surface area contributed by atoms with Crippen LogP contribution >= 0.6 is 27.5 Å². The van der Waals surface area contributed by atoms with Gasteiger partial charge in [0.1, 0.15) is 5.52 Å². The van der Waals surface area contributed by atoms with Gasteiger partial charge < -0.3 is 5.73 Å². The van der Waals surface area contributed by atoms with Gasteiger partial charge in [-0.25, -0.2) is 9.97 Å². The first-order chi connectivity index (χ1) is 9.06. The predicted octanol–water partition coefficient (Wildman–Crippen LogP) is 3.73. The summed E-state index contributed by atoms with van der Waals surface area (Å²) in [6.45, 7) is 2.00. The number of halogens is 2. The molecule has 0 aliphatic heterocycles. The minimum Gasteiger partial charge on any atom is -0.369 e. The Hall–Kier alpha value is -1.59. The molecule has 0 amide bonds. The van der Waals surface area contributed by atoms with E-state index in [4.69, 9.17) is 17.3 Å². The van der Waals surface area contributed by atoms with Crippen LogP contribution in [0.1, 0.15) is 5.56 Å². The summed E-state index contributed by atoms with van der Waals surface area (Å²) in [5.74, 6) is 0.394. The zero-order valence-electron chi connectivity index (χ0n) is 10.1. The smallest absolute Gasteiger partial charge is 0.207 e. The van der Waals surface area contributed by atoms with Gasteiger partial charge in [-0.1, -0.05) is 17.7 Å². The molecule has 6 heteroatoms. The van der Waals surface area contributed by atoms with Crippen molar-refractivity contribution >= 4 is 44.6 Å². The number of anilines is 1. The van der Waals surface area contributed by atoms with Crippen LogP contribution in [0.25, 0.3) is 16.9 Å². The van der Waals surface area contributed by atoms with E-state index in [0.29, 0.717) is 16.6 Å². The van der Waals surface area contributed by atoms with Gasteiger partial charge in [-0.15, -0.1) is 0 Å². The number of hydrogen-bond donors (Lipinski definition) is 1. The topological polar surface area (TPSA) is 56.7 Å². The largest absolute Gasteiger partial charge is 0.369 e. The van der Waals surface area contributed by atoms with Crippen LogP contribution in [0.4, 0.5) is 5.95 Å². The van der Waals surface area contributed by atoms with E-state index in [1.165, 1.54) is 0 Å². The number of hydrogen-bond acceptors (Lipinski definition) is 3. The van der Waals surface area contributed by atoms with E-state index in [2.05, 4.69) is 25.9 Å². The molecule has 96 valence electrons. The molecule has 4 nitrogen and oxygen atoms in total. The van der Waals surface area contributed by atoms with Crippen LogP contribution < -0.4 is 5.73 Å². The predicted molar refractivity (Wildman–Crippen MR) is 80.7 cm³/mol. The van der Waals surface area contributed by atoms with Crippen molar-refractivity contribution < 1.29 is 0 Å². The fraction of sp³-hybridized carbons (Fsp3) is 0.0769. The number of pyridine rings is 1. The van der Waals surface area contributed by atoms with Crippen molar-refractivity contribution in [2.24, 2.45) is 0 Å². The normalized spacial score (nSPS) is 11.1. The minimum absolute atomic E-state index is 0.394. The summed E-state index contributed by atoms with van der Waals surface area (Å²) >= 11 is 9.43. The molecule has 1 aromatic carbocycles. The zero-order chi connectivity index (χ0) is 13.6. The van der Waals surface area contributed by atoms with Crippen molar-refractivity contribution in [2.75, 3.05) is 5.73 Å². The first kappa shape index (κ1) is 12.4. The summed E-state index contributed by atoms with van der Waals surface area (Å²) < 4.78 is 2.68. The van der Waals surface area contributed by atoms with Gasteiger partial charge in [0.05, 0.1) is 5.69 Å². The quantitative estimate of drug-likeness (QED) is 0.736. The summed E-state index contributed by atoms with van der Waals surface area (Å²) in [6.07, 6.45) is 1.72. The van der Waals surface area contributed by atoms with E-state index in [1.54, 1.807) is 6.20 Å². The number of imidazole rings is 1. The molecule has 0 saturated heterocycles. The minimum atomic E-state index is 0.394. The van der Waals surface area contributed by atoms with Gasteiger partial charge in [0, 0.05) is 15.7 Å². The lowest BCUT2D eigenvalue weighted by Crippen LogP contribution is -2.03. The lowest BCUT2D eigenvalue weighted by molar-refractivity contribution is 1.07. The maximum absolute atomic E-state index is 6.06. The molecule has 0 fully saturated rings. The third-order valence-corrected chi connectivity index (χ3v) is 3.57. The Balaban J connectivity index is 2.36. The molecule has 0 atom stereocenters. The molecular weight excluding hydrogens is 328 g/mol. The van der Waals surface area contributed by atoms with E-state index in [0.717, 1.165) is 21.2 Å². The van der Waals surface area contributed by atoms with Crippen LogP contribution in [0.5, 0.6) is 0 Å². The number of aromatic nitrogens is 3. The maximum Gasteiger partial charge on any atom is 0.207 e. The van der Waals surface area contributed by atoms with Crippen molar-refractivity contribution in [1.29, 1.82) is 0 Å². The van der Waals surface area contributed by atoms with Crippen molar-refractivity contribution in [3.05, 3.63) is 45.5 Å². The molecule has 19 heavy (non-hydrogen) atoms. The molecule has 3 rings (SSSR count). The monoisotopic (exact) mass is 336 g/mol. The molecule has 2 aromatic heterocycles. The van der Waals surface area contributed by atoms with Crippen molar-refractivity contribution in [3.63, 3.8) is 0 Å². The number of nitrogen functional groups attached to an aromatic ring is 1. The highest BCUT2D eigenvalue weighted by atomic mass is 79.9. The molecule has 0 aliphatic rings. The Labute approximate surface area is 123 Å². The molecule has 3 aromatic rings. The number of nitrogens with two attached hydrogens (primary N) is 1. The molecule has 2 heterocycles. The van der Waals surface area contributed by atoms with Gasteiger partial charge >= 0.3 is 0 Å². The number of benzene rings is 1. The first-order valence-electron chi connectivity index (χ1n) is 5.62. The fourth-order valence-corrected chi connectivity index (χ4v) is 2.50. The lowest BCUT2D eigenvalue weighted by Gasteiger charge is -2.09. The highest BCUT2D eigenvalue weighted by molar-refractivity contribution is 9.10. The summed E-state index contributed by atoms with van der Waals surface area (Å²) in [7, 11) is 0. The third kappa shape index (κ3) is 2.09. The number of fused-ring (bicyclic) bond motifs is 1. The van der Waals surface area contributed by atoms with Crippen LogP contribution in [0.15, 0.2) is 34.9 Å². The van der Waals surface area contributed by atoms with E-state index in [9.17, 15) is 0 Å². The highest BCUT2D eigenvalue weighted by Gasteiger charge is 2.13. The zero-order valence-corrected chi connectivity index (χ0v) is 12.4. The first-order valence-corrected chi connectivity index (χ1v) is 6.79. The Kier molecular flexibility index (Phi) is 2.95. The van der Waals surface area contributed by atoms with Crippen LogP contribution in [-0.2, 0) is 0 Å². The van der Waals surface area contributed by atoms with Crippen LogP contribution in [0.3, 0.4) is 0 Å². The van der Waals surface area contributed by atoms with Crippen molar-refractivity contribution in [1.82, 2.24) is 14.5 Å². The second-order valence-electron chi connectivity index (χ2n) is 4.23. The molecule has 0 saturated carbocycles. The fourth-order valence-electron chi connectivity index (χ4n) is 2.02. The van der Waals surface area contributed by atoms with Gasteiger partial charge in [-0.2, -0.15) is 0 Å². The van der Waals surface area contributed by atoms with Gasteiger partial charge in [0.15, 0.2) is 5.65 Å². The number of rotatable bonds is 1. The SMILES string of the molecule is Cc1ccc(Cl)cc1-n1c(N)nc2cc(Br)cnc21. The Morgan fingerprint density at radius 2 is 2.11 bits per heavy atom. The van der Waals surface area contributed by atoms with Gasteiger partial charge in [0.2, 0.25) is 5.95 Å². The average Bonchev–Trinajstić information content (AvgIpc) is 2.67. The van der Waals surface area contributed by atoms with Gasteiger partial charge in [-0.3, -0.25) is 4.57 Å². The van der Waals surface area contributed by atoms with Crippen molar-refractivity contribution in [3.8, 4) is 5.69 Å². The highest BCUT2D eigenvalue weighted by Crippen LogP contribution is 2.27. The number of nitrogens with zero attached hydrogens (tertiary/aromatic N) is 3. The molecule has 0 bridgehead atoms. The van der Waals surface area contributed by atoms with Crippen LogP contribution in [-0.4, -0.2) is 14.5 Å². The van der Waals surface area contributed by atoms with Crippen molar-refractivity contribution in [2.45, 2.75) is 6.92 Å². The summed E-state index contributed by atoms with van der Waals surface area (Å²) in [5, 5.41) is 0.652. The average molecular weight is 338 g/mol. The molecule has 0 unspecified atom stereocenters. The van der Waals surface area contributed by atoms with Gasteiger partial charge in [0.25, 0.3) is 0 Å². The summed E-state index contributed by atoms with van der Waals surface area (Å²) in [5.41, 5.74) is 9.41. The second kappa shape index (κ2) is 4.51. The van der Waals surface area contributed by atoms with E-state index >= 15 is 0 Å². The number of aryl methyl sites for hydroxylation is 1. The molecule has 2 N–H and O–H groups in total. The lowest BCUT2D eigenvalue weighted by atomic mass is 10.2. The van der Waals surface area contributed by atoms with E-state index in [1.807, 2.05) is 35.8 Å². The molecular formula is C13H10BrClN4. The molecule has 0 aliphatic carbocycles. The van der Waals surface area contributed by atoms with Gasteiger partial charge in [-0.05, 0) is 46.6 Å². The van der Waals surface area contributed by atoms with E-state index in [-0.39, 0.29) is 0 Å². The third-order valence-electron chi connectivity index (χ3n) is 2.90. The van der Waals surface area contributed by atoms with Crippen LogP contribution in [0.2, 0.25) is 5.02 Å². The van der Waals surface area contributed by atoms with Crippen LogP contribution in [0, 0.1) is 6.92 Å². The maximum atomic E-state index is 6.06. The molecule has 0 radical (unpaired) electrons.